The SMILES string of the molecule is Cl.N.[CH2]CCCCCCCCCCCCCCC. The van der Waals surface area contributed by atoms with Gasteiger partial charge in [0.15, 0.2) is 0 Å². The van der Waals surface area contributed by atoms with Crippen molar-refractivity contribution in [1.29, 1.82) is 0 Å². The van der Waals surface area contributed by atoms with E-state index >= 15 is 0 Å². The van der Waals surface area contributed by atoms with Gasteiger partial charge >= 0.3 is 0 Å². The third-order valence-corrected chi connectivity index (χ3v) is 3.35. The molecule has 1 nitrogen and oxygen atoms in total. The number of halogens is 1. The molecule has 1 radical (unpaired) electrons. The molecule has 0 aromatic rings. The molecule has 0 rings (SSSR count). The molecule has 18 heavy (non-hydrogen) atoms. The lowest BCUT2D eigenvalue weighted by atomic mass is 10.0. The maximum atomic E-state index is 3.87. The molecule has 0 saturated heterocycles. The van der Waals surface area contributed by atoms with E-state index in [0.29, 0.717) is 0 Å². The van der Waals surface area contributed by atoms with E-state index in [1.165, 1.54) is 83.5 Å². The quantitative estimate of drug-likeness (QED) is 0.366. The molecule has 0 amide bonds. The standard InChI is InChI=1S/C16H33.ClH.H3N/c1-3-5-7-9-11-13-15-16-14-12-10-8-6-4-2;;/h1,3-16H2,2H3;1H;1H3. The van der Waals surface area contributed by atoms with Crippen LogP contribution in [0.3, 0.4) is 0 Å². The first-order chi connectivity index (χ1) is 7.91. The molecule has 0 fully saturated rings. The topological polar surface area (TPSA) is 35.0 Å². The summed E-state index contributed by atoms with van der Waals surface area (Å²) in [5, 5.41) is 0. The van der Waals surface area contributed by atoms with E-state index in [-0.39, 0.29) is 18.6 Å². The Morgan fingerprint density at radius 1 is 0.556 bits per heavy atom. The van der Waals surface area contributed by atoms with Crippen LogP contribution in [0.5, 0.6) is 0 Å². The molecule has 0 spiro atoms. The molecule has 0 aromatic carbocycles. The van der Waals surface area contributed by atoms with E-state index in [0.717, 1.165) is 6.42 Å². The fourth-order valence-electron chi connectivity index (χ4n) is 2.19. The van der Waals surface area contributed by atoms with Crippen molar-refractivity contribution < 1.29 is 0 Å². The summed E-state index contributed by atoms with van der Waals surface area (Å²) in [5.41, 5.74) is 0. The van der Waals surface area contributed by atoms with Crippen LogP contribution in [0, 0.1) is 6.92 Å². The maximum Gasteiger partial charge on any atom is -0.0533 e. The van der Waals surface area contributed by atoms with Crippen molar-refractivity contribution >= 4 is 12.4 Å². The van der Waals surface area contributed by atoms with Crippen molar-refractivity contribution in [2.24, 2.45) is 0 Å². The van der Waals surface area contributed by atoms with Crippen LogP contribution in [0.4, 0.5) is 0 Å². The highest BCUT2D eigenvalue weighted by molar-refractivity contribution is 5.85. The van der Waals surface area contributed by atoms with Crippen LogP contribution >= 0.6 is 12.4 Å². The van der Waals surface area contributed by atoms with Crippen molar-refractivity contribution in [3.63, 3.8) is 0 Å². The van der Waals surface area contributed by atoms with Gasteiger partial charge in [-0.05, 0) is 0 Å². The summed E-state index contributed by atoms with van der Waals surface area (Å²) >= 11 is 0. The lowest BCUT2D eigenvalue weighted by Gasteiger charge is -2.02. The van der Waals surface area contributed by atoms with E-state index in [2.05, 4.69) is 13.8 Å². The van der Waals surface area contributed by atoms with Crippen molar-refractivity contribution in [1.82, 2.24) is 6.15 Å². The normalized spacial score (nSPS) is 9.67. The van der Waals surface area contributed by atoms with E-state index < -0.39 is 0 Å². The average Bonchev–Trinajstić information content (AvgIpc) is 2.31. The number of hydrogen-bond acceptors (Lipinski definition) is 1. The molecule has 0 aromatic heterocycles. The first kappa shape index (κ1) is 23.4. The molecule has 113 valence electrons. The molecule has 0 aliphatic heterocycles. The van der Waals surface area contributed by atoms with Gasteiger partial charge in [-0.1, -0.05) is 104 Å². The molecule has 0 atom stereocenters. The highest BCUT2D eigenvalue weighted by atomic mass is 35.5. The number of rotatable bonds is 13. The molecule has 0 aliphatic rings. The highest BCUT2D eigenvalue weighted by Gasteiger charge is 1.92. The molecular weight excluding hydrogens is 242 g/mol. The average molecular weight is 279 g/mol. The van der Waals surface area contributed by atoms with E-state index in [1.807, 2.05) is 0 Å². The second kappa shape index (κ2) is 22.4. The number of unbranched alkanes of at least 4 members (excludes halogenated alkanes) is 13. The Morgan fingerprint density at radius 3 is 1.11 bits per heavy atom. The molecule has 0 saturated carbocycles. The maximum absolute atomic E-state index is 3.87. The van der Waals surface area contributed by atoms with Crippen molar-refractivity contribution in [2.45, 2.75) is 96.8 Å². The van der Waals surface area contributed by atoms with Crippen molar-refractivity contribution in [2.75, 3.05) is 0 Å². The monoisotopic (exact) mass is 278 g/mol. The minimum atomic E-state index is 0. The number of hydrogen-bond donors (Lipinski definition) is 1. The fraction of sp³-hybridized carbons (Fsp3) is 0.938. The highest BCUT2D eigenvalue weighted by Crippen LogP contribution is 2.12. The first-order valence-corrected chi connectivity index (χ1v) is 7.71. The van der Waals surface area contributed by atoms with Gasteiger partial charge in [0, 0.05) is 0 Å². The smallest absolute Gasteiger partial charge is 0.0533 e. The second-order valence-corrected chi connectivity index (χ2v) is 5.10. The Bertz CT molecular complexity index is 104. The Hall–Kier alpha value is 0.250. The molecular formula is C16H37ClN. The minimum absolute atomic E-state index is 0. The summed E-state index contributed by atoms with van der Waals surface area (Å²) < 4.78 is 0. The van der Waals surface area contributed by atoms with Gasteiger partial charge in [-0.2, -0.15) is 0 Å². The summed E-state index contributed by atoms with van der Waals surface area (Å²) in [4.78, 5) is 0. The van der Waals surface area contributed by atoms with Crippen LogP contribution in [-0.2, 0) is 0 Å². The van der Waals surface area contributed by atoms with Gasteiger partial charge < -0.3 is 6.15 Å². The fourth-order valence-corrected chi connectivity index (χ4v) is 2.19. The summed E-state index contributed by atoms with van der Waals surface area (Å²) in [7, 11) is 0. The lowest BCUT2D eigenvalue weighted by molar-refractivity contribution is 0.540. The van der Waals surface area contributed by atoms with Gasteiger partial charge in [0.2, 0.25) is 0 Å². The Morgan fingerprint density at radius 2 is 0.833 bits per heavy atom. The van der Waals surface area contributed by atoms with E-state index in [9.17, 15) is 0 Å². The Labute approximate surface area is 123 Å². The van der Waals surface area contributed by atoms with E-state index in [1.54, 1.807) is 0 Å². The second-order valence-electron chi connectivity index (χ2n) is 5.10. The summed E-state index contributed by atoms with van der Waals surface area (Å²) in [5.74, 6) is 0. The zero-order chi connectivity index (χ0) is 11.9. The summed E-state index contributed by atoms with van der Waals surface area (Å²) in [6.45, 7) is 6.16. The molecule has 3 N–H and O–H groups in total. The van der Waals surface area contributed by atoms with Crippen LogP contribution in [0.25, 0.3) is 0 Å². The summed E-state index contributed by atoms with van der Waals surface area (Å²) in [6, 6.07) is 0. The van der Waals surface area contributed by atoms with Gasteiger partial charge in [0.1, 0.15) is 0 Å². The molecule has 0 heterocycles. The van der Waals surface area contributed by atoms with Crippen LogP contribution in [0.15, 0.2) is 0 Å². The van der Waals surface area contributed by atoms with Crippen LogP contribution in [0.1, 0.15) is 96.8 Å². The zero-order valence-electron chi connectivity index (χ0n) is 12.7. The molecule has 0 bridgehead atoms. The van der Waals surface area contributed by atoms with Gasteiger partial charge in [-0.25, -0.2) is 0 Å². The molecule has 0 unspecified atom stereocenters. The van der Waals surface area contributed by atoms with Gasteiger partial charge in [-0.15, -0.1) is 12.4 Å². The Balaban J connectivity index is -0.00000112. The van der Waals surface area contributed by atoms with Crippen LogP contribution in [0.2, 0.25) is 0 Å². The molecule has 2 heteroatoms. The van der Waals surface area contributed by atoms with E-state index in [4.69, 9.17) is 0 Å². The van der Waals surface area contributed by atoms with Crippen LogP contribution < -0.4 is 6.15 Å². The third kappa shape index (κ3) is 21.5. The van der Waals surface area contributed by atoms with Gasteiger partial charge in [0.05, 0.1) is 0 Å². The van der Waals surface area contributed by atoms with Crippen LogP contribution in [-0.4, -0.2) is 0 Å². The Kier molecular flexibility index (Phi) is 29.1. The van der Waals surface area contributed by atoms with Gasteiger partial charge in [-0.3, -0.25) is 0 Å². The molecule has 0 aliphatic carbocycles. The minimum Gasteiger partial charge on any atom is -0.344 e. The predicted molar refractivity (Wildman–Crippen MR) is 87.9 cm³/mol. The largest absolute Gasteiger partial charge is 0.344 e. The predicted octanol–water partition coefficient (Wildman–Crippen LogP) is 6.89. The third-order valence-electron chi connectivity index (χ3n) is 3.35. The first-order valence-electron chi connectivity index (χ1n) is 7.71. The van der Waals surface area contributed by atoms with Crippen molar-refractivity contribution in [3.05, 3.63) is 6.92 Å². The van der Waals surface area contributed by atoms with Gasteiger partial charge in [0.25, 0.3) is 0 Å². The lowest BCUT2D eigenvalue weighted by Crippen LogP contribution is -1.82. The zero-order valence-corrected chi connectivity index (χ0v) is 13.5. The summed E-state index contributed by atoms with van der Waals surface area (Å²) in [6.07, 6.45) is 19.8. The van der Waals surface area contributed by atoms with Crippen molar-refractivity contribution in [3.8, 4) is 0 Å².